The molecule has 0 radical (unpaired) electrons. The second-order valence-corrected chi connectivity index (χ2v) is 6.95. The molecular weight excluding hydrogens is 212 g/mol. The Hall–Kier alpha value is -0.130. The summed E-state index contributed by atoms with van der Waals surface area (Å²) in [4.78, 5) is 2.27. The van der Waals surface area contributed by atoms with Crippen molar-refractivity contribution in [2.75, 3.05) is 31.6 Å². The van der Waals surface area contributed by atoms with Gasteiger partial charge in [0.25, 0.3) is 0 Å². The van der Waals surface area contributed by atoms with E-state index in [-0.39, 0.29) is 6.04 Å². The summed E-state index contributed by atoms with van der Waals surface area (Å²) in [5.41, 5.74) is 0. The first-order chi connectivity index (χ1) is 7.08. The normalized spacial score (nSPS) is 35.9. The van der Waals surface area contributed by atoms with Gasteiger partial charge in [-0.05, 0) is 32.9 Å². The molecule has 4 nitrogen and oxygen atoms in total. The Morgan fingerprint density at radius 1 is 1.27 bits per heavy atom. The van der Waals surface area contributed by atoms with Crippen molar-refractivity contribution in [2.45, 2.75) is 31.3 Å². The third kappa shape index (κ3) is 2.71. The van der Waals surface area contributed by atoms with Crippen LogP contribution in [-0.2, 0) is 9.84 Å². The fourth-order valence-corrected chi connectivity index (χ4v) is 4.37. The molecule has 1 N–H and O–H groups in total. The zero-order valence-corrected chi connectivity index (χ0v) is 10.1. The van der Waals surface area contributed by atoms with Crippen molar-refractivity contribution >= 4 is 9.84 Å². The van der Waals surface area contributed by atoms with E-state index in [0.29, 0.717) is 17.5 Å². The van der Waals surface area contributed by atoms with Crippen LogP contribution in [0.3, 0.4) is 0 Å². The van der Waals surface area contributed by atoms with E-state index in [1.54, 1.807) is 0 Å². The highest BCUT2D eigenvalue weighted by molar-refractivity contribution is 7.91. The molecule has 2 saturated heterocycles. The fraction of sp³-hybridized carbons (Fsp3) is 1.00. The number of likely N-dealkylation sites (N-methyl/N-ethyl adjacent to an activating group) is 1. The van der Waals surface area contributed by atoms with E-state index >= 15 is 0 Å². The van der Waals surface area contributed by atoms with Gasteiger partial charge in [0, 0.05) is 18.6 Å². The minimum absolute atomic E-state index is 0.244. The number of nitrogens with one attached hydrogen (secondary N) is 1. The molecule has 0 aromatic heterocycles. The zero-order valence-electron chi connectivity index (χ0n) is 9.28. The lowest BCUT2D eigenvalue weighted by atomic mass is 10.1. The number of nitrogens with zero attached hydrogens (tertiary/aromatic N) is 1. The summed E-state index contributed by atoms with van der Waals surface area (Å²) in [6.07, 6.45) is 3.01. The topological polar surface area (TPSA) is 49.4 Å². The average molecular weight is 232 g/mol. The van der Waals surface area contributed by atoms with Crippen molar-refractivity contribution in [1.82, 2.24) is 10.2 Å². The molecule has 2 aliphatic rings. The highest BCUT2D eigenvalue weighted by Gasteiger charge is 2.31. The first-order valence-corrected chi connectivity index (χ1v) is 7.54. The van der Waals surface area contributed by atoms with Gasteiger partial charge in [-0.15, -0.1) is 0 Å². The molecule has 0 aliphatic carbocycles. The quantitative estimate of drug-likeness (QED) is 0.720. The number of hydrogen-bond donors (Lipinski definition) is 1. The summed E-state index contributed by atoms with van der Waals surface area (Å²) in [7, 11) is -0.696. The first-order valence-electron chi connectivity index (χ1n) is 5.71. The fourth-order valence-electron chi connectivity index (χ4n) is 2.61. The molecule has 0 saturated carbocycles. The lowest BCUT2D eigenvalue weighted by Crippen LogP contribution is -2.47. The van der Waals surface area contributed by atoms with E-state index in [4.69, 9.17) is 0 Å². The van der Waals surface area contributed by atoms with Gasteiger partial charge in [-0.3, -0.25) is 4.90 Å². The zero-order chi connectivity index (χ0) is 10.9. The summed E-state index contributed by atoms with van der Waals surface area (Å²) in [5, 5.41) is 3.32. The highest BCUT2D eigenvalue weighted by atomic mass is 32.2. The second-order valence-electron chi connectivity index (χ2n) is 4.72. The number of rotatable bonds is 2. The predicted molar refractivity (Wildman–Crippen MR) is 60.7 cm³/mol. The molecule has 2 rings (SSSR count). The molecule has 88 valence electrons. The highest BCUT2D eigenvalue weighted by Crippen LogP contribution is 2.20. The van der Waals surface area contributed by atoms with Crippen LogP contribution in [0.25, 0.3) is 0 Å². The van der Waals surface area contributed by atoms with Gasteiger partial charge in [0.1, 0.15) is 0 Å². The number of sulfone groups is 1. The molecule has 15 heavy (non-hydrogen) atoms. The van der Waals surface area contributed by atoms with Crippen molar-refractivity contribution in [3.8, 4) is 0 Å². The molecule has 2 heterocycles. The summed E-state index contributed by atoms with van der Waals surface area (Å²) in [6, 6.07) is 0.775. The molecule has 2 fully saturated rings. The van der Waals surface area contributed by atoms with Crippen LogP contribution in [0.2, 0.25) is 0 Å². The van der Waals surface area contributed by atoms with Crippen molar-refractivity contribution in [3.05, 3.63) is 0 Å². The van der Waals surface area contributed by atoms with E-state index < -0.39 is 9.84 Å². The third-order valence-corrected chi connectivity index (χ3v) is 5.43. The van der Waals surface area contributed by atoms with Crippen molar-refractivity contribution in [2.24, 2.45) is 0 Å². The van der Waals surface area contributed by atoms with Gasteiger partial charge in [0.2, 0.25) is 0 Å². The minimum Gasteiger partial charge on any atom is -0.315 e. The van der Waals surface area contributed by atoms with Gasteiger partial charge in [-0.1, -0.05) is 0 Å². The summed E-state index contributed by atoms with van der Waals surface area (Å²) in [5.74, 6) is 0.750. The minimum atomic E-state index is -2.77. The van der Waals surface area contributed by atoms with Gasteiger partial charge < -0.3 is 5.32 Å². The van der Waals surface area contributed by atoms with E-state index in [1.165, 1.54) is 0 Å². The van der Waals surface area contributed by atoms with Crippen LogP contribution in [-0.4, -0.2) is 57.0 Å². The van der Waals surface area contributed by atoms with Crippen LogP contribution in [0.15, 0.2) is 0 Å². The molecule has 2 unspecified atom stereocenters. The largest absolute Gasteiger partial charge is 0.315 e. The van der Waals surface area contributed by atoms with Crippen molar-refractivity contribution in [3.63, 3.8) is 0 Å². The van der Waals surface area contributed by atoms with Crippen LogP contribution >= 0.6 is 0 Å². The Bertz CT molecular complexity index is 309. The summed E-state index contributed by atoms with van der Waals surface area (Å²) >= 11 is 0. The lowest BCUT2D eigenvalue weighted by molar-refractivity contribution is 0.184. The third-order valence-electron chi connectivity index (χ3n) is 3.63. The van der Waals surface area contributed by atoms with Crippen molar-refractivity contribution < 1.29 is 8.42 Å². The van der Waals surface area contributed by atoms with E-state index in [0.717, 1.165) is 32.4 Å². The first kappa shape index (κ1) is 11.4. The maximum Gasteiger partial charge on any atom is 0.151 e. The molecule has 0 amide bonds. The van der Waals surface area contributed by atoms with Crippen molar-refractivity contribution in [1.29, 1.82) is 0 Å². The Morgan fingerprint density at radius 3 is 2.67 bits per heavy atom. The van der Waals surface area contributed by atoms with Crippen LogP contribution < -0.4 is 5.32 Å². The van der Waals surface area contributed by atoms with E-state index in [1.807, 2.05) is 0 Å². The summed E-state index contributed by atoms with van der Waals surface area (Å²) < 4.78 is 23.1. The average Bonchev–Trinajstić information content (AvgIpc) is 2.67. The standard InChI is InChI=1S/C10H20N2O2S/c1-12(9-4-5-11-7-9)10-3-2-6-15(13,14)8-10/h9-11H,2-8H2,1H3. The smallest absolute Gasteiger partial charge is 0.151 e. The molecular formula is C10H20N2O2S. The Balaban J connectivity index is 1.97. The van der Waals surface area contributed by atoms with Crippen LogP contribution in [0.1, 0.15) is 19.3 Å². The van der Waals surface area contributed by atoms with Gasteiger partial charge in [-0.25, -0.2) is 8.42 Å². The van der Waals surface area contributed by atoms with Gasteiger partial charge in [0.05, 0.1) is 11.5 Å². The Kier molecular flexibility index (Phi) is 3.33. The van der Waals surface area contributed by atoms with E-state index in [2.05, 4.69) is 17.3 Å². The van der Waals surface area contributed by atoms with E-state index in [9.17, 15) is 8.42 Å². The molecule has 2 atom stereocenters. The maximum absolute atomic E-state index is 11.5. The Labute approximate surface area is 91.9 Å². The second kappa shape index (κ2) is 4.39. The molecule has 5 heteroatoms. The SMILES string of the molecule is CN(C1CCNC1)C1CCCS(=O)(=O)C1. The molecule has 2 aliphatic heterocycles. The predicted octanol–water partition coefficient (Wildman–Crippen LogP) is -0.143. The Morgan fingerprint density at radius 2 is 2.07 bits per heavy atom. The molecule has 0 spiro atoms. The van der Waals surface area contributed by atoms with Crippen LogP contribution in [0.4, 0.5) is 0 Å². The summed E-state index contributed by atoms with van der Waals surface area (Å²) in [6.45, 7) is 2.07. The van der Waals surface area contributed by atoms with Crippen LogP contribution in [0, 0.1) is 0 Å². The lowest BCUT2D eigenvalue weighted by Gasteiger charge is -2.34. The number of hydrogen-bond acceptors (Lipinski definition) is 4. The van der Waals surface area contributed by atoms with Gasteiger partial charge in [0.15, 0.2) is 9.84 Å². The monoisotopic (exact) mass is 232 g/mol. The molecule has 0 aromatic rings. The van der Waals surface area contributed by atoms with Gasteiger partial charge in [-0.2, -0.15) is 0 Å². The maximum atomic E-state index is 11.5. The van der Waals surface area contributed by atoms with Crippen LogP contribution in [0.5, 0.6) is 0 Å². The molecule has 0 bridgehead atoms. The molecule has 0 aromatic carbocycles. The van der Waals surface area contributed by atoms with Gasteiger partial charge >= 0.3 is 0 Å².